The maximum Gasteiger partial charge on any atom is 0.155 e. The molecule has 1 heterocycles. The van der Waals surface area contributed by atoms with Crippen LogP contribution < -0.4 is 0 Å². The summed E-state index contributed by atoms with van der Waals surface area (Å²) in [5.41, 5.74) is 1.84. The van der Waals surface area contributed by atoms with Gasteiger partial charge in [-0.3, -0.25) is 0 Å². The second-order valence-corrected chi connectivity index (χ2v) is 4.66. The lowest BCUT2D eigenvalue weighted by atomic mass is 10.1. The van der Waals surface area contributed by atoms with E-state index in [0.29, 0.717) is 28.6 Å². The molecule has 4 heteroatoms. The van der Waals surface area contributed by atoms with E-state index in [9.17, 15) is 4.39 Å². The molecule has 0 bridgehead atoms. The van der Waals surface area contributed by atoms with Crippen molar-refractivity contribution in [2.75, 3.05) is 0 Å². The van der Waals surface area contributed by atoms with Gasteiger partial charge in [-0.2, -0.15) is 0 Å². The Bertz CT molecular complexity index is 558. The summed E-state index contributed by atoms with van der Waals surface area (Å²) in [6.45, 7) is 1.90. The van der Waals surface area contributed by atoms with Crippen molar-refractivity contribution in [1.82, 2.24) is 9.55 Å². The van der Waals surface area contributed by atoms with Gasteiger partial charge in [0.2, 0.25) is 0 Å². The van der Waals surface area contributed by atoms with Gasteiger partial charge >= 0.3 is 0 Å². The van der Waals surface area contributed by atoms with Gasteiger partial charge < -0.3 is 4.57 Å². The minimum absolute atomic E-state index is 0.260. The SMILES string of the molecule is CCc1c(Cl)cc2c(ncn2C2CC2)c1F. The quantitative estimate of drug-likeness (QED) is 0.780. The average molecular weight is 239 g/mol. The summed E-state index contributed by atoms with van der Waals surface area (Å²) < 4.78 is 16.1. The lowest BCUT2D eigenvalue weighted by Gasteiger charge is -2.06. The molecule has 0 saturated heterocycles. The van der Waals surface area contributed by atoms with E-state index in [1.807, 2.05) is 17.6 Å². The second kappa shape index (κ2) is 3.45. The molecule has 1 fully saturated rings. The zero-order valence-electron chi connectivity index (χ0n) is 9.00. The molecule has 0 radical (unpaired) electrons. The number of benzene rings is 1. The molecule has 0 spiro atoms. The van der Waals surface area contributed by atoms with Gasteiger partial charge in [-0.25, -0.2) is 9.37 Å². The van der Waals surface area contributed by atoms with Gasteiger partial charge in [-0.05, 0) is 25.3 Å². The number of hydrogen-bond acceptors (Lipinski definition) is 1. The lowest BCUT2D eigenvalue weighted by molar-refractivity contribution is 0.622. The molecule has 1 aromatic heterocycles. The van der Waals surface area contributed by atoms with E-state index < -0.39 is 0 Å². The molecule has 1 aliphatic rings. The number of fused-ring (bicyclic) bond motifs is 1. The molecule has 0 amide bonds. The fourth-order valence-corrected chi connectivity index (χ4v) is 2.43. The first-order valence-electron chi connectivity index (χ1n) is 5.55. The molecule has 1 aliphatic carbocycles. The molecule has 2 aromatic rings. The zero-order valence-corrected chi connectivity index (χ0v) is 9.76. The molecule has 2 nitrogen and oxygen atoms in total. The Labute approximate surface area is 98.0 Å². The van der Waals surface area contributed by atoms with Crippen molar-refractivity contribution in [3.05, 3.63) is 28.8 Å². The van der Waals surface area contributed by atoms with Crippen LogP contribution >= 0.6 is 11.6 Å². The van der Waals surface area contributed by atoms with E-state index in [2.05, 4.69) is 4.98 Å². The molecular formula is C12H12ClFN2. The van der Waals surface area contributed by atoms with Crippen LogP contribution in [0.3, 0.4) is 0 Å². The van der Waals surface area contributed by atoms with Crippen LogP contribution in [-0.2, 0) is 6.42 Å². The van der Waals surface area contributed by atoms with E-state index in [1.54, 1.807) is 6.33 Å². The number of aromatic nitrogens is 2. The Hall–Kier alpha value is -1.09. The van der Waals surface area contributed by atoms with Crippen LogP contribution in [0.1, 0.15) is 31.4 Å². The van der Waals surface area contributed by atoms with Crippen LogP contribution in [0.15, 0.2) is 12.4 Å². The van der Waals surface area contributed by atoms with Crippen LogP contribution in [0.2, 0.25) is 5.02 Å². The minimum atomic E-state index is -0.260. The number of nitrogens with zero attached hydrogens (tertiary/aromatic N) is 2. The van der Waals surface area contributed by atoms with Gasteiger partial charge in [0.05, 0.1) is 11.8 Å². The highest BCUT2D eigenvalue weighted by molar-refractivity contribution is 6.32. The first kappa shape index (κ1) is 10.1. The highest BCUT2D eigenvalue weighted by Crippen LogP contribution is 2.38. The van der Waals surface area contributed by atoms with Crippen LogP contribution in [0.4, 0.5) is 4.39 Å². The van der Waals surface area contributed by atoms with Crippen molar-refractivity contribution >= 4 is 22.6 Å². The molecule has 0 N–H and O–H groups in total. The third kappa shape index (κ3) is 1.34. The second-order valence-electron chi connectivity index (χ2n) is 4.26. The van der Waals surface area contributed by atoms with E-state index >= 15 is 0 Å². The Morgan fingerprint density at radius 3 is 2.94 bits per heavy atom. The molecule has 16 heavy (non-hydrogen) atoms. The molecular weight excluding hydrogens is 227 g/mol. The summed E-state index contributed by atoms with van der Waals surface area (Å²) in [5.74, 6) is -0.260. The van der Waals surface area contributed by atoms with Crippen molar-refractivity contribution < 1.29 is 4.39 Å². The molecule has 0 aliphatic heterocycles. The predicted octanol–water partition coefficient (Wildman–Crippen LogP) is 3.73. The standard InChI is InChI=1S/C12H12ClFN2/c1-2-8-9(13)5-10-12(11(8)14)15-6-16(10)7-3-4-7/h5-7H,2-4H2,1H3. The summed E-state index contributed by atoms with van der Waals surface area (Å²) in [6.07, 6.45) is 4.62. The number of imidazole rings is 1. The molecule has 0 unspecified atom stereocenters. The van der Waals surface area contributed by atoms with Gasteiger partial charge in [0.15, 0.2) is 5.82 Å². The predicted molar refractivity (Wildman–Crippen MR) is 62.4 cm³/mol. The van der Waals surface area contributed by atoms with Gasteiger partial charge in [0.25, 0.3) is 0 Å². The Morgan fingerprint density at radius 1 is 1.56 bits per heavy atom. The topological polar surface area (TPSA) is 17.8 Å². The van der Waals surface area contributed by atoms with Crippen molar-refractivity contribution in [2.45, 2.75) is 32.2 Å². The Kier molecular flexibility index (Phi) is 2.18. The molecule has 3 rings (SSSR count). The lowest BCUT2D eigenvalue weighted by Crippen LogP contribution is -1.95. The molecule has 0 atom stereocenters. The maximum absolute atomic E-state index is 14.1. The highest BCUT2D eigenvalue weighted by Gasteiger charge is 2.26. The van der Waals surface area contributed by atoms with E-state index in [1.165, 1.54) is 0 Å². The highest BCUT2D eigenvalue weighted by atomic mass is 35.5. The number of rotatable bonds is 2. The summed E-state index contributed by atoms with van der Waals surface area (Å²) in [5, 5.41) is 0.509. The fraction of sp³-hybridized carbons (Fsp3) is 0.417. The van der Waals surface area contributed by atoms with Crippen molar-refractivity contribution in [3.63, 3.8) is 0 Å². The minimum Gasteiger partial charge on any atom is -0.327 e. The first-order chi connectivity index (χ1) is 7.72. The largest absolute Gasteiger partial charge is 0.327 e. The summed E-state index contributed by atoms with van der Waals surface area (Å²) in [6, 6.07) is 2.33. The van der Waals surface area contributed by atoms with Gasteiger partial charge in [-0.1, -0.05) is 18.5 Å². The number of hydrogen-bond donors (Lipinski definition) is 0. The monoisotopic (exact) mass is 238 g/mol. The Balaban J connectivity index is 2.30. The van der Waals surface area contributed by atoms with Crippen molar-refractivity contribution in [1.29, 1.82) is 0 Å². The summed E-state index contributed by atoms with van der Waals surface area (Å²) in [4.78, 5) is 4.16. The molecule has 84 valence electrons. The zero-order chi connectivity index (χ0) is 11.3. The van der Waals surface area contributed by atoms with Crippen molar-refractivity contribution in [3.8, 4) is 0 Å². The molecule has 1 saturated carbocycles. The van der Waals surface area contributed by atoms with E-state index in [4.69, 9.17) is 11.6 Å². The van der Waals surface area contributed by atoms with E-state index in [-0.39, 0.29) is 5.82 Å². The van der Waals surface area contributed by atoms with Crippen LogP contribution in [0.25, 0.3) is 11.0 Å². The van der Waals surface area contributed by atoms with E-state index in [0.717, 1.165) is 18.4 Å². The smallest absolute Gasteiger partial charge is 0.155 e. The summed E-state index contributed by atoms with van der Waals surface area (Å²) in [7, 11) is 0. The average Bonchev–Trinajstić information content (AvgIpc) is 3.01. The molecule has 1 aromatic carbocycles. The fourth-order valence-electron chi connectivity index (χ4n) is 2.11. The van der Waals surface area contributed by atoms with Gasteiger partial charge in [0.1, 0.15) is 5.52 Å². The van der Waals surface area contributed by atoms with Gasteiger partial charge in [0, 0.05) is 16.6 Å². The third-order valence-electron chi connectivity index (χ3n) is 3.15. The maximum atomic E-state index is 14.1. The van der Waals surface area contributed by atoms with Crippen LogP contribution in [0.5, 0.6) is 0 Å². The summed E-state index contributed by atoms with van der Waals surface area (Å²) >= 11 is 6.08. The third-order valence-corrected chi connectivity index (χ3v) is 3.49. The van der Waals surface area contributed by atoms with Gasteiger partial charge in [-0.15, -0.1) is 0 Å². The Morgan fingerprint density at radius 2 is 2.31 bits per heavy atom. The van der Waals surface area contributed by atoms with Crippen molar-refractivity contribution in [2.24, 2.45) is 0 Å². The van der Waals surface area contributed by atoms with Crippen LogP contribution in [-0.4, -0.2) is 9.55 Å². The van der Waals surface area contributed by atoms with Crippen LogP contribution in [0, 0.1) is 5.82 Å². The number of halogens is 2. The first-order valence-corrected chi connectivity index (χ1v) is 5.93. The normalized spacial score (nSPS) is 15.9.